The van der Waals surface area contributed by atoms with Crippen molar-refractivity contribution in [3.63, 3.8) is 0 Å². The van der Waals surface area contributed by atoms with Crippen LogP contribution in [0.15, 0.2) is 29.0 Å². The van der Waals surface area contributed by atoms with Gasteiger partial charge in [0.25, 0.3) is 0 Å². The summed E-state index contributed by atoms with van der Waals surface area (Å²) in [7, 11) is 0. The molecule has 1 aromatic rings. The van der Waals surface area contributed by atoms with Crippen LogP contribution in [0.5, 0.6) is 0 Å². The number of carbonyl (C=O) groups excluding carboxylic acids is 1. The molecule has 4 heteroatoms. The maximum absolute atomic E-state index is 10.7. The molecule has 1 aromatic heterocycles. The predicted octanol–water partition coefficient (Wildman–Crippen LogP) is 1.26. The minimum atomic E-state index is -0.742. The average molecular weight is 196 g/mol. The first kappa shape index (κ1) is 8.47. The first-order valence-corrected chi connectivity index (χ1v) is 4.80. The average Bonchev–Trinajstić information content (AvgIpc) is 2.72. The van der Waals surface area contributed by atoms with E-state index in [0.29, 0.717) is 0 Å². The summed E-state index contributed by atoms with van der Waals surface area (Å²) in [6.45, 7) is 0. The molecule has 0 saturated heterocycles. The van der Waals surface area contributed by atoms with E-state index in [-0.39, 0.29) is 5.97 Å². The van der Waals surface area contributed by atoms with Crippen LogP contribution >= 0.6 is 11.3 Å². The molecule has 1 aliphatic rings. The van der Waals surface area contributed by atoms with Crippen LogP contribution in [-0.2, 0) is 9.53 Å². The molecule has 1 N–H and O–H groups in total. The number of aliphatic hydroxyl groups is 1. The number of hydrogen-bond donors (Lipinski definition) is 1. The van der Waals surface area contributed by atoms with Gasteiger partial charge >= 0.3 is 5.97 Å². The second kappa shape index (κ2) is 3.32. The van der Waals surface area contributed by atoms with E-state index >= 15 is 0 Å². The van der Waals surface area contributed by atoms with Gasteiger partial charge < -0.3 is 9.84 Å². The van der Waals surface area contributed by atoms with Gasteiger partial charge in [-0.2, -0.15) is 11.3 Å². The summed E-state index contributed by atoms with van der Waals surface area (Å²) in [4.78, 5) is 10.7. The van der Waals surface area contributed by atoms with Gasteiger partial charge in [-0.25, -0.2) is 4.79 Å². The van der Waals surface area contributed by atoms with Crippen molar-refractivity contribution in [1.82, 2.24) is 0 Å². The fourth-order valence-corrected chi connectivity index (χ4v) is 1.88. The first-order valence-electron chi connectivity index (χ1n) is 3.86. The summed E-state index contributed by atoms with van der Waals surface area (Å²) in [5.74, 6) is -0.390. The molecule has 68 valence electrons. The van der Waals surface area contributed by atoms with Crippen molar-refractivity contribution in [2.45, 2.75) is 12.2 Å². The third-order valence-corrected chi connectivity index (χ3v) is 2.57. The number of rotatable bonds is 2. The fraction of sp³-hybridized carbons (Fsp3) is 0.222. The second-order valence-electron chi connectivity index (χ2n) is 2.76. The highest BCUT2D eigenvalue weighted by molar-refractivity contribution is 7.07. The molecular weight excluding hydrogens is 188 g/mol. The zero-order chi connectivity index (χ0) is 9.26. The van der Waals surface area contributed by atoms with Gasteiger partial charge in [-0.3, -0.25) is 0 Å². The lowest BCUT2D eigenvalue weighted by Gasteiger charge is -2.14. The molecule has 0 unspecified atom stereocenters. The molecule has 0 radical (unpaired) electrons. The number of esters is 1. The highest BCUT2D eigenvalue weighted by Gasteiger charge is 2.25. The molecule has 2 rings (SSSR count). The predicted molar refractivity (Wildman–Crippen MR) is 48.3 cm³/mol. The van der Waals surface area contributed by atoms with Gasteiger partial charge in [-0.15, -0.1) is 0 Å². The summed E-state index contributed by atoms with van der Waals surface area (Å²) in [6.07, 6.45) is 1.64. The van der Waals surface area contributed by atoms with Crippen LogP contribution in [0.25, 0.3) is 0 Å². The monoisotopic (exact) mass is 196 g/mol. The molecule has 0 fully saturated rings. The maximum Gasteiger partial charge on any atom is 0.331 e. The van der Waals surface area contributed by atoms with Gasteiger partial charge in [-0.1, -0.05) is 0 Å². The van der Waals surface area contributed by atoms with Crippen LogP contribution in [0.3, 0.4) is 0 Å². The number of aliphatic hydroxyl groups excluding tert-OH is 1. The van der Waals surface area contributed by atoms with E-state index in [0.717, 1.165) is 5.56 Å². The molecule has 2 heterocycles. The summed E-state index contributed by atoms with van der Waals surface area (Å²) < 4.78 is 4.85. The zero-order valence-corrected chi connectivity index (χ0v) is 7.53. The van der Waals surface area contributed by atoms with Crippen LogP contribution in [0.4, 0.5) is 0 Å². The van der Waals surface area contributed by atoms with E-state index in [1.165, 1.54) is 17.4 Å². The molecule has 0 aromatic carbocycles. The number of cyclic esters (lactones) is 1. The lowest BCUT2D eigenvalue weighted by Crippen LogP contribution is -2.17. The van der Waals surface area contributed by atoms with Crippen molar-refractivity contribution in [1.29, 1.82) is 0 Å². The minimum absolute atomic E-state index is 0.390. The molecule has 2 atom stereocenters. The summed E-state index contributed by atoms with van der Waals surface area (Å²) in [5, 5.41) is 13.4. The molecule has 13 heavy (non-hydrogen) atoms. The Labute approximate surface area is 79.3 Å². The van der Waals surface area contributed by atoms with Gasteiger partial charge in [-0.05, 0) is 28.5 Å². The first-order chi connectivity index (χ1) is 6.27. The highest BCUT2D eigenvalue weighted by Crippen LogP contribution is 2.24. The summed E-state index contributed by atoms with van der Waals surface area (Å²) in [6, 6.07) is 1.81. The molecule has 1 aliphatic heterocycles. The number of thiophene rings is 1. The number of carbonyl (C=O) groups is 1. The standard InChI is InChI=1S/C9H8O3S/c10-8-2-1-7(12-8)9(11)6-3-4-13-5-6/h1-5,7,9,11H/t7-,9-/m1/s1. The van der Waals surface area contributed by atoms with Gasteiger partial charge in [0.15, 0.2) is 6.10 Å². The Morgan fingerprint density at radius 1 is 1.62 bits per heavy atom. The molecule has 0 saturated carbocycles. The molecule has 0 bridgehead atoms. The Hall–Kier alpha value is -1.13. The van der Waals surface area contributed by atoms with E-state index in [2.05, 4.69) is 0 Å². The van der Waals surface area contributed by atoms with E-state index in [4.69, 9.17) is 4.74 Å². The van der Waals surface area contributed by atoms with Crippen LogP contribution in [0.1, 0.15) is 11.7 Å². The van der Waals surface area contributed by atoms with Gasteiger partial charge in [0.05, 0.1) is 0 Å². The second-order valence-corrected chi connectivity index (χ2v) is 3.54. The van der Waals surface area contributed by atoms with E-state index in [1.54, 1.807) is 6.08 Å². The van der Waals surface area contributed by atoms with Crippen molar-refractivity contribution in [2.24, 2.45) is 0 Å². The number of ether oxygens (including phenoxy) is 1. The summed E-state index contributed by atoms with van der Waals surface area (Å²) >= 11 is 1.50. The van der Waals surface area contributed by atoms with Crippen LogP contribution in [0, 0.1) is 0 Å². The topological polar surface area (TPSA) is 46.5 Å². The normalized spacial score (nSPS) is 23.2. The zero-order valence-electron chi connectivity index (χ0n) is 6.71. The van der Waals surface area contributed by atoms with Crippen molar-refractivity contribution in [2.75, 3.05) is 0 Å². The molecule has 0 amide bonds. The Bertz CT molecular complexity index is 329. The highest BCUT2D eigenvalue weighted by atomic mass is 32.1. The van der Waals surface area contributed by atoms with Crippen molar-refractivity contribution >= 4 is 17.3 Å². The van der Waals surface area contributed by atoms with Gasteiger partial charge in [0, 0.05) is 6.08 Å². The Kier molecular flexibility index (Phi) is 2.16. The van der Waals surface area contributed by atoms with Crippen LogP contribution in [-0.4, -0.2) is 17.2 Å². The summed E-state index contributed by atoms with van der Waals surface area (Å²) in [5.41, 5.74) is 0.786. The quantitative estimate of drug-likeness (QED) is 0.724. The molecule has 0 spiro atoms. The number of hydrogen-bond acceptors (Lipinski definition) is 4. The van der Waals surface area contributed by atoms with E-state index < -0.39 is 12.2 Å². The Balaban J connectivity index is 2.11. The van der Waals surface area contributed by atoms with Gasteiger partial charge in [0.2, 0.25) is 0 Å². The van der Waals surface area contributed by atoms with Crippen LogP contribution < -0.4 is 0 Å². The lowest BCUT2D eigenvalue weighted by molar-refractivity contribution is -0.142. The fourth-order valence-electron chi connectivity index (χ4n) is 1.19. The SMILES string of the molecule is O=C1C=C[C@H]([C@H](O)c2ccsc2)O1. The van der Waals surface area contributed by atoms with Gasteiger partial charge in [0.1, 0.15) is 6.10 Å². The maximum atomic E-state index is 10.7. The van der Waals surface area contributed by atoms with Crippen molar-refractivity contribution in [3.05, 3.63) is 34.5 Å². The molecule has 0 aliphatic carbocycles. The Morgan fingerprint density at radius 3 is 3.00 bits per heavy atom. The lowest BCUT2D eigenvalue weighted by atomic mass is 10.1. The smallest absolute Gasteiger partial charge is 0.331 e. The third-order valence-electron chi connectivity index (χ3n) is 1.87. The largest absolute Gasteiger partial charge is 0.452 e. The Morgan fingerprint density at radius 2 is 2.46 bits per heavy atom. The van der Waals surface area contributed by atoms with E-state index in [1.807, 2.05) is 16.8 Å². The van der Waals surface area contributed by atoms with Crippen LogP contribution in [0.2, 0.25) is 0 Å². The van der Waals surface area contributed by atoms with Crippen molar-refractivity contribution in [3.8, 4) is 0 Å². The third kappa shape index (κ3) is 1.64. The minimum Gasteiger partial charge on any atom is -0.452 e. The molecular formula is C9H8O3S. The van der Waals surface area contributed by atoms with E-state index in [9.17, 15) is 9.90 Å². The molecule has 3 nitrogen and oxygen atoms in total. The van der Waals surface area contributed by atoms with Crippen molar-refractivity contribution < 1.29 is 14.6 Å².